The van der Waals surface area contributed by atoms with Crippen LogP contribution in [0, 0.1) is 0 Å². The standard InChI is InChI=1S/C42H87NO2/c1-3-5-7-9-11-13-15-17-19-21-22-24-26-28-30-32-34-36-38-40-42(45)43-41(44)39-37-35-33-31-29-27-25-23-20-18-16-14-12-10-8-6-4-2/h41-45H,3-40H2,1-2H3. The van der Waals surface area contributed by atoms with Crippen molar-refractivity contribution in [3.05, 3.63) is 0 Å². The molecule has 0 fully saturated rings. The molecule has 45 heavy (non-hydrogen) atoms. The van der Waals surface area contributed by atoms with Crippen molar-refractivity contribution < 1.29 is 10.2 Å². The Morgan fingerprint density at radius 3 is 0.600 bits per heavy atom. The van der Waals surface area contributed by atoms with Gasteiger partial charge in [-0.25, -0.2) is 0 Å². The maximum absolute atomic E-state index is 10.2. The van der Waals surface area contributed by atoms with Crippen LogP contribution in [0.3, 0.4) is 0 Å². The van der Waals surface area contributed by atoms with E-state index in [1.165, 1.54) is 218 Å². The molecule has 3 nitrogen and oxygen atoms in total. The summed E-state index contributed by atoms with van der Waals surface area (Å²) in [5.41, 5.74) is 0. The van der Waals surface area contributed by atoms with Gasteiger partial charge in [0.2, 0.25) is 0 Å². The zero-order valence-electron chi connectivity index (χ0n) is 31.4. The van der Waals surface area contributed by atoms with Crippen molar-refractivity contribution >= 4 is 0 Å². The van der Waals surface area contributed by atoms with Crippen LogP contribution in [0.15, 0.2) is 0 Å². The summed E-state index contributed by atoms with van der Waals surface area (Å²) in [6.07, 6.45) is 50.1. The van der Waals surface area contributed by atoms with Crippen LogP contribution in [0.5, 0.6) is 0 Å². The first-order valence-electron chi connectivity index (χ1n) is 21.3. The van der Waals surface area contributed by atoms with E-state index >= 15 is 0 Å². The molecule has 0 aliphatic carbocycles. The van der Waals surface area contributed by atoms with Gasteiger partial charge in [-0.2, -0.15) is 0 Å². The Labute approximate surface area is 285 Å². The first-order chi connectivity index (χ1) is 22.2. The summed E-state index contributed by atoms with van der Waals surface area (Å²) in [6.45, 7) is 4.59. The van der Waals surface area contributed by atoms with Gasteiger partial charge in [-0.05, 0) is 25.7 Å². The van der Waals surface area contributed by atoms with Crippen LogP contribution < -0.4 is 5.32 Å². The number of unbranched alkanes of at least 4 members (excludes halogenated alkanes) is 34. The Kier molecular flexibility index (Phi) is 39.9. The summed E-state index contributed by atoms with van der Waals surface area (Å²) in [6, 6.07) is 0. The molecule has 0 aliphatic rings. The highest BCUT2D eigenvalue weighted by atomic mass is 16.3. The van der Waals surface area contributed by atoms with E-state index in [4.69, 9.17) is 0 Å². The normalized spacial score (nSPS) is 13.1. The molecule has 2 atom stereocenters. The zero-order chi connectivity index (χ0) is 32.7. The van der Waals surface area contributed by atoms with Crippen LogP contribution >= 0.6 is 0 Å². The highest BCUT2D eigenvalue weighted by molar-refractivity contribution is 4.60. The lowest BCUT2D eigenvalue weighted by atomic mass is 10.0. The maximum Gasteiger partial charge on any atom is 0.106 e. The second kappa shape index (κ2) is 40.1. The maximum atomic E-state index is 10.2. The topological polar surface area (TPSA) is 52.5 Å². The largest absolute Gasteiger partial charge is 0.379 e. The van der Waals surface area contributed by atoms with Gasteiger partial charge in [-0.15, -0.1) is 0 Å². The zero-order valence-corrected chi connectivity index (χ0v) is 31.4. The van der Waals surface area contributed by atoms with Crippen LogP contribution in [0.4, 0.5) is 0 Å². The minimum absolute atomic E-state index is 0.559. The van der Waals surface area contributed by atoms with Crippen LogP contribution in [-0.2, 0) is 0 Å². The van der Waals surface area contributed by atoms with E-state index in [9.17, 15) is 10.2 Å². The number of aliphatic hydroxyl groups is 2. The number of nitrogens with one attached hydrogen (secondary N) is 1. The highest BCUT2D eigenvalue weighted by Gasteiger charge is 2.09. The Balaban J connectivity index is 3.25. The van der Waals surface area contributed by atoms with Crippen LogP contribution in [-0.4, -0.2) is 22.7 Å². The Morgan fingerprint density at radius 2 is 0.422 bits per heavy atom. The van der Waals surface area contributed by atoms with Gasteiger partial charge in [-0.1, -0.05) is 232 Å². The number of hydrogen-bond acceptors (Lipinski definition) is 3. The van der Waals surface area contributed by atoms with Crippen molar-refractivity contribution in [1.29, 1.82) is 0 Å². The lowest BCUT2D eigenvalue weighted by Crippen LogP contribution is -2.38. The molecule has 0 spiro atoms. The molecule has 3 heteroatoms. The highest BCUT2D eigenvalue weighted by Crippen LogP contribution is 2.17. The average molecular weight is 638 g/mol. The van der Waals surface area contributed by atoms with Crippen molar-refractivity contribution in [2.45, 2.75) is 270 Å². The number of hydrogen-bond donors (Lipinski definition) is 3. The molecule has 0 saturated heterocycles. The number of aliphatic hydroxyl groups excluding tert-OH is 2. The Morgan fingerprint density at radius 1 is 0.267 bits per heavy atom. The lowest BCUT2D eigenvalue weighted by molar-refractivity contribution is 0.0310. The Hall–Kier alpha value is -0.120. The Bertz CT molecular complexity index is 513. The molecule has 0 amide bonds. The molecular weight excluding hydrogens is 550 g/mol. The SMILES string of the molecule is CCCCCCCCCCCCCCCCCCCCCC(O)NC(O)CCCCCCCCCCCCCCCCCCC. The van der Waals surface area contributed by atoms with E-state index in [-0.39, 0.29) is 0 Å². The molecule has 0 aliphatic heterocycles. The molecule has 272 valence electrons. The average Bonchev–Trinajstić information content (AvgIpc) is 3.03. The predicted molar refractivity (Wildman–Crippen MR) is 202 cm³/mol. The van der Waals surface area contributed by atoms with Crippen molar-refractivity contribution in [1.82, 2.24) is 5.32 Å². The molecule has 0 aromatic heterocycles. The second-order valence-corrected chi connectivity index (χ2v) is 14.8. The molecular formula is C42H87NO2. The van der Waals surface area contributed by atoms with Gasteiger partial charge in [0.25, 0.3) is 0 Å². The summed E-state index contributed by atoms with van der Waals surface area (Å²) in [5, 5.41) is 23.5. The van der Waals surface area contributed by atoms with E-state index in [1.54, 1.807) is 0 Å². The number of rotatable bonds is 40. The molecule has 3 N–H and O–H groups in total. The quantitative estimate of drug-likeness (QED) is 0.0463. The minimum atomic E-state index is -0.559. The van der Waals surface area contributed by atoms with Gasteiger partial charge in [0.05, 0.1) is 0 Å². The van der Waals surface area contributed by atoms with Crippen LogP contribution in [0.1, 0.15) is 258 Å². The van der Waals surface area contributed by atoms with Gasteiger partial charge in [0.1, 0.15) is 12.5 Å². The molecule has 0 heterocycles. The smallest absolute Gasteiger partial charge is 0.106 e. The summed E-state index contributed by atoms with van der Waals surface area (Å²) < 4.78 is 0. The summed E-state index contributed by atoms with van der Waals surface area (Å²) in [5.74, 6) is 0. The molecule has 0 aromatic carbocycles. The van der Waals surface area contributed by atoms with Gasteiger partial charge < -0.3 is 10.2 Å². The third kappa shape index (κ3) is 40.0. The molecule has 0 rings (SSSR count). The van der Waals surface area contributed by atoms with Gasteiger partial charge in [0.15, 0.2) is 0 Å². The van der Waals surface area contributed by atoms with Gasteiger partial charge in [-0.3, -0.25) is 5.32 Å². The molecule has 0 saturated carbocycles. The molecule has 0 aromatic rings. The van der Waals surface area contributed by atoms with E-state index in [0.717, 1.165) is 25.7 Å². The minimum Gasteiger partial charge on any atom is -0.379 e. The fourth-order valence-electron chi connectivity index (χ4n) is 6.87. The molecule has 2 unspecified atom stereocenters. The summed E-state index contributed by atoms with van der Waals surface area (Å²) >= 11 is 0. The first kappa shape index (κ1) is 44.9. The van der Waals surface area contributed by atoms with Crippen molar-refractivity contribution in [3.8, 4) is 0 Å². The monoisotopic (exact) mass is 638 g/mol. The van der Waals surface area contributed by atoms with Gasteiger partial charge >= 0.3 is 0 Å². The molecule has 0 bridgehead atoms. The summed E-state index contributed by atoms with van der Waals surface area (Å²) in [4.78, 5) is 0. The van der Waals surface area contributed by atoms with Crippen molar-refractivity contribution in [2.24, 2.45) is 0 Å². The van der Waals surface area contributed by atoms with E-state index < -0.39 is 12.5 Å². The molecule has 0 radical (unpaired) electrons. The third-order valence-electron chi connectivity index (χ3n) is 10.0. The van der Waals surface area contributed by atoms with Crippen molar-refractivity contribution in [2.75, 3.05) is 0 Å². The predicted octanol–water partition coefficient (Wildman–Crippen LogP) is 14.1. The van der Waals surface area contributed by atoms with E-state index in [2.05, 4.69) is 19.2 Å². The summed E-state index contributed by atoms with van der Waals surface area (Å²) in [7, 11) is 0. The van der Waals surface area contributed by atoms with Gasteiger partial charge in [0, 0.05) is 0 Å². The third-order valence-corrected chi connectivity index (χ3v) is 10.0. The fraction of sp³-hybridized carbons (Fsp3) is 1.00. The van der Waals surface area contributed by atoms with Crippen LogP contribution in [0.25, 0.3) is 0 Å². The second-order valence-electron chi connectivity index (χ2n) is 14.8. The first-order valence-corrected chi connectivity index (χ1v) is 21.3. The van der Waals surface area contributed by atoms with Crippen molar-refractivity contribution in [3.63, 3.8) is 0 Å². The van der Waals surface area contributed by atoms with E-state index in [0.29, 0.717) is 0 Å². The van der Waals surface area contributed by atoms with Crippen LogP contribution in [0.2, 0.25) is 0 Å². The van der Waals surface area contributed by atoms with E-state index in [1.807, 2.05) is 0 Å². The fourth-order valence-corrected chi connectivity index (χ4v) is 6.87. The lowest BCUT2D eigenvalue weighted by Gasteiger charge is -2.18.